The summed E-state index contributed by atoms with van der Waals surface area (Å²) in [4.78, 5) is 3.51. The van der Waals surface area contributed by atoms with E-state index >= 15 is 0 Å². The Morgan fingerprint density at radius 2 is 2.14 bits per heavy atom. The first-order valence-electron chi connectivity index (χ1n) is 5.41. The van der Waals surface area contributed by atoms with Crippen LogP contribution in [0.2, 0.25) is 0 Å². The van der Waals surface area contributed by atoms with Gasteiger partial charge in [-0.25, -0.2) is 4.98 Å². The summed E-state index contributed by atoms with van der Waals surface area (Å²) in [6.45, 7) is 0. The maximum Gasteiger partial charge on any atom is 0.433 e. The average Bonchev–Trinajstić information content (AvgIpc) is 2.82. The number of aryl methyl sites for hydroxylation is 1. The molecule has 21 heavy (non-hydrogen) atoms. The van der Waals surface area contributed by atoms with E-state index in [1.54, 1.807) is 7.05 Å². The summed E-state index contributed by atoms with van der Waals surface area (Å²) >= 11 is 0.828. The van der Waals surface area contributed by atoms with Crippen LogP contribution in [0.3, 0.4) is 0 Å². The van der Waals surface area contributed by atoms with E-state index < -0.39 is 11.9 Å². The fraction of sp³-hybridized carbons (Fsp3) is 0.200. The third-order valence-corrected chi connectivity index (χ3v) is 3.45. The van der Waals surface area contributed by atoms with Crippen LogP contribution in [-0.2, 0) is 13.2 Å². The van der Waals surface area contributed by atoms with Crippen molar-refractivity contribution >= 4 is 17.6 Å². The van der Waals surface area contributed by atoms with Crippen molar-refractivity contribution in [2.24, 2.45) is 17.9 Å². The molecule has 3 N–H and O–H groups in total. The van der Waals surface area contributed by atoms with Gasteiger partial charge in [0.15, 0.2) is 11.0 Å². The predicted octanol–water partition coefficient (Wildman–Crippen LogP) is 1.47. The van der Waals surface area contributed by atoms with Crippen LogP contribution in [0.1, 0.15) is 11.3 Å². The molecule has 0 fully saturated rings. The number of nitrogens with zero attached hydrogens (tertiary/aromatic N) is 5. The van der Waals surface area contributed by atoms with Gasteiger partial charge in [0.2, 0.25) is 0 Å². The molecule has 0 aromatic carbocycles. The lowest BCUT2D eigenvalue weighted by Crippen LogP contribution is -2.17. The molecule has 2 aromatic heterocycles. The van der Waals surface area contributed by atoms with E-state index in [0.717, 1.165) is 23.9 Å². The minimum absolute atomic E-state index is 0.0681. The van der Waals surface area contributed by atoms with Crippen LogP contribution in [0, 0.1) is 0 Å². The molecular formula is C10H9F3N6OS. The third-order valence-electron chi connectivity index (χ3n) is 2.39. The molecule has 0 atom stereocenters. The lowest BCUT2D eigenvalue weighted by atomic mass is 10.2. The van der Waals surface area contributed by atoms with Gasteiger partial charge in [-0.1, -0.05) is 5.16 Å². The van der Waals surface area contributed by atoms with Crippen molar-refractivity contribution in [1.29, 1.82) is 0 Å². The van der Waals surface area contributed by atoms with Gasteiger partial charge in [0.1, 0.15) is 17.0 Å². The van der Waals surface area contributed by atoms with E-state index in [-0.39, 0.29) is 16.4 Å². The van der Waals surface area contributed by atoms with Gasteiger partial charge in [-0.15, -0.1) is 10.2 Å². The number of amidine groups is 1. The van der Waals surface area contributed by atoms with E-state index in [1.165, 1.54) is 10.9 Å². The second kappa shape index (κ2) is 5.60. The SMILES string of the molecule is Cn1cnnc1Sc1nc(C(F)(F)F)ccc1C(N)=NO. The Morgan fingerprint density at radius 1 is 1.43 bits per heavy atom. The first kappa shape index (κ1) is 15.1. The van der Waals surface area contributed by atoms with Crippen molar-refractivity contribution in [3.8, 4) is 0 Å². The standard InChI is InChI=1S/C10H9F3N6OS/c1-19-4-15-17-9(19)21-8-5(7(14)18-20)2-3-6(16-8)10(11,12)13/h2-4,20H,1H3,(H2,14,18). The Balaban J connectivity index is 2.51. The lowest BCUT2D eigenvalue weighted by Gasteiger charge is -2.11. The van der Waals surface area contributed by atoms with Gasteiger partial charge in [-0.3, -0.25) is 0 Å². The fourth-order valence-electron chi connectivity index (χ4n) is 1.38. The average molecular weight is 318 g/mol. The highest BCUT2D eigenvalue weighted by atomic mass is 32.2. The Kier molecular flexibility index (Phi) is 4.02. The van der Waals surface area contributed by atoms with Gasteiger partial charge in [-0.05, 0) is 23.9 Å². The number of hydrogen-bond acceptors (Lipinski definition) is 6. The van der Waals surface area contributed by atoms with Gasteiger partial charge in [0, 0.05) is 7.05 Å². The maximum atomic E-state index is 12.7. The number of pyridine rings is 1. The van der Waals surface area contributed by atoms with Crippen LogP contribution >= 0.6 is 11.8 Å². The Bertz CT molecular complexity index is 684. The zero-order chi connectivity index (χ0) is 15.6. The van der Waals surface area contributed by atoms with Crippen LogP contribution in [-0.4, -0.2) is 30.8 Å². The molecule has 0 bridgehead atoms. The summed E-state index contributed by atoms with van der Waals surface area (Å²) in [6, 6.07) is 1.84. The molecule has 0 aliphatic heterocycles. The van der Waals surface area contributed by atoms with Crippen molar-refractivity contribution in [1.82, 2.24) is 19.7 Å². The van der Waals surface area contributed by atoms with Crippen molar-refractivity contribution in [2.75, 3.05) is 0 Å². The molecule has 0 unspecified atom stereocenters. The number of oxime groups is 1. The number of hydrogen-bond donors (Lipinski definition) is 2. The molecular weight excluding hydrogens is 309 g/mol. The lowest BCUT2D eigenvalue weighted by molar-refractivity contribution is -0.141. The van der Waals surface area contributed by atoms with Gasteiger partial charge < -0.3 is 15.5 Å². The van der Waals surface area contributed by atoms with E-state index in [0.29, 0.717) is 5.16 Å². The predicted molar refractivity (Wildman–Crippen MR) is 66.9 cm³/mol. The molecule has 7 nitrogen and oxygen atoms in total. The zero-order valence-electron chi connectivity index (χ0n) is 10.5. The second-order valence-corrected chi connectivity index (χ2v) is 4.81. The summed E-state index contributed by atoms with van der Waals surface area (Å²) < 4.78 is 39.7. The molecule has 2 rings (SSSR count). The van der Waals surface area contributed by atoms with E-state index in [4.69, 9.17) is 10.9 Å². The first-order valence-corrected chi connectivity index (χ1v) is 6.22. The summed E-state index contributed by atoms with van der Waals surface area (Å²) in [6.07, 6.45) is -3.21. The number of halogens is 3. The monoisotopic (exact) mass is 318 g/mol. The van der Waals surface area contributed by atoms with Crippen LogP contribution in [0.25, 0.3) is 0 Å². The second-order valence-electron chi connectivity index (χ2n) is 3.86. The van der Waals surface area contributed by atoms with E-state index in [2.05, 4.69) is 20.3 Å². The Hall–Kier alpha value is -2.30. The van der Waals surface area contributed by atoms with Gasteiger partial charge >= 0.3 is 6.18 Å². The highest BCUT2D eigenvalue weighted by molar-refractivity contribution is 7.99. The number of nitrogens with two attached hydrogens (primary N) is 1. The molecule has 0 spiro atoms. The normalized spacial score (nSPS) is 12.7. The van der Waals surface area contributed by atoms with Gasteiger partial charge in [0.05, 0.1) is 5.56 Å². The largest absolute Gasteiger partial charge is 0.433 e. The van der Waals surface area contributed by atoms with Crippen molar-refractivity contribution < 1.29 is 18.4 Å². The maximum absolute atomic E-state index is 12.7. The Labute approximate surface area is 120 Å². The van der Waals surface area contributed by atoms with Gasteiger partial charge in [0.25, 0.3) is 0 Å². The summed E-state index contributed by atoms with van der Waals surface area (Å²) in [5, 5.41) is 19.1. The Morgan fingerprint density at radius 3 is 2.67 bits per heavy atom. The smallest absolute Gasteiger partial charge is 0.409 e. The van der Waals surface area contributed by atoms with Crippen LogP contribution in [0.15, 0.2) is 33.8 Å². The molecule has 0 amide bonds. The van der Waals surface area contributed by atoms with Gasteiger partial charge in [-0.2, -0.15) is 13.2 Å². The van der Waals surface area contributed by atoms with Crippen molar-refractivity contribution in [2.45, 2.75) is 16.4 Å². The number of rotatable bonds is 3. The fourth-order valence-corrected chi connectivity index (χ4v) is 2.26. The van der Waals surface area contributed by atoms with Crippen molar-refractivity contribution in [3.63, 3.8) is 0 Å². The number of aromatic nitrogens is 4. The molecule has 0 radical (unpaired) electrons. The summed E-state index contributed by atoms with van der Waals surface area (Å²) in [5.41, 5.74) is 4.43. The molecule has 0 saturated carbocycles. The molecule has 0 aliphatic carbocycles. The van der Waals surface area contributed by atoms with Crippen LogP contribution in [0.4, 0.5) is 13.2 Å². The highest BCUT2D eigenvalue weighted by Gasteiger charge is 2.33. The van der Waals surface area contributed by atoms with Crippen LogP contribution < -0.4 is 5.73 Å². The first-order chi connectivity index (χ1) is 9.82. The minimum Gasteiger partial charge on any atom is -0.409 e. The van der Waals surface area contributed by atoms with Crippen molar-refractivity contribution in [3.05, 3.63) is 29.7 Å². The van der Waals surface area contributed by atoms with E-state index in [9.17, 15) is 13.2 Å². The summed E-state index contributed by atoms with van der Waals surface area (Å²) in [5.74, 6) is -0.346. The molecule has 2 heterocycles. The van der Waals surface area contributed by atoms with E-state index in [1.807, 2.05) is 0 Å². The minimum atomic E-state index is -4.60. The quantitative estimate of drug-likeness (QED) is 0.384. The van der Waals surface area contributed by atoms with Crippen LogP contribution in [0.5, 0.6) is 0 Å². The topological polar surface area (TPSA) is 102 Å². The summed E-state index contributed by atoms with van der Waals surface area (Å²) in [7, 11) is 1.62. The molecule has 112 valence electrons. The third kappa shape index (κ3) is 3.24. The molecule has 11 heteroatoms. The molecule has 0 aliphatic rings. The molecule has 0 saturated heterocycles. The highest BCUT2D eigenvalue weighted by Crippen LogP contribution is 2.32. The molecule has 2 aromatic rings. The zero-order valence-corrected chi connectivity index (χ0v) is 11.4. The number of alkyl halides is 3.